The molecule has 1 amide bonds. The molecule has 0 aliphatic heterocycles. The van der Waals surface area contributed by atoms with Gasteiger partial charge in [-0.2, -0.15) is 5.26 Å². The predicted molar refractivity (Wildman–Crippen MR) is 109 cm³/mol. The summed E-state index contributed by atoms with van der Waals surface area (Å²) in [5.74, 6) is 0.630. The van der Waals surface area contributed by atoms with E-state index in [1.807, 2.05) is 6.07 Å². The van der Waals surface area contributed by atoms with Crippen molar-refractivity contribution in [1.29, 1.82) is 5.26 Å². The number of nitriles is 1. The average Bonchev–Trinajstić information content (AvgIpc) is 3.16. The number of halogens is 1. The topological polar surface area (TPSA) is 109 Å². The lowest BCUT2D eigenvalue weighted by Gasteiger charge is -2.29. The molecular weight excluding hydrogens is 394 g/mol. The molecule has 2 atom stereocenters. The largest absolute Gasteiger partial charge is 0.457 e. The Labute approximate surface area is 173 Å². The standard InChI is InChI=1S/C21H20ClN3O4/c1-13-4-2-3-5-18(13)24-21(26)15(12-23)10-16-7-9-20(29-16)14-6-8-17(22)19(11-14)25(27)28/h6-11,13,18H,2-5H2,1H3,(H,24,26)/b15-10+/t13-,18-/m0/s1. The van der Waals surface area contributed by atoms with Gasteiger partial charge >= 0.3 is 0 Å². The molecule has 1 saturated carbocycles. The smallest absolute Gasteiger partial charge is 0.288 e. The van der Waals surface area contributed by atoms with Crippen LogP contribution in [0.4, 0.5) is 5.69 Å². The molecule has 0 spiro atoms. The Morgan fingerprint density at radius 3 is 2.79 bits per heavy atom. The predicted octanol–water partition coefficient (Wildman–Crippen LogP) is 5.11. The maximum atomic E-state index is 12.5. The lowest BCUT2D eigenvalue weighted by atomic mass is 9.86. The average molecular weight is 414 g/mol. The number of benzene rings is 1. The summed E-state index contributed by atoms with van der Waals surface area (Å²) in [4.78, 5) is 23.0. The molecular formula is C21H20ClN3O4. The number of hydrogen-bond acceptors (Lipinski definition) is 5. The van der Waals surface area contributed by atoms with Crippen molar-refractivity contribution in [3.8, 4) is 17.4 Å². The van der Waals surface area contributed by atoms with Crippen LogP contribution in [-0.4, -0.2) is 16.9 Å². The third kappa shape index (κ3) is 4.84. The summed E-state index contributed by atoms with van der Waals surface area (Å²) in [6.45, 7) is 2.10. The number of rotatable bonds is 5. The van der Waals surface area contributed by atoms with Crippen LogP contribution in [0, 0.1) is 27.4 Å². The van der Waals surface area contributed by atoms with E-state index in [1.54, 1.807) is 18.2 Å². The van der Waals surface area contributed by atoms with Crippen molar-refractivity contribution >= 4 is 29.3 Å². The maximum absolute atomic E-state index is 12.5. The highest BCUT2D eigenvalue weighted by Crippen LogP contribution is 2.31. The molecule has 1 aliphatic carbocycles. The minimum Gasteiger partial charge on any atom is -0.457 e. The quantitative estimate of drug-likeness (QED) is 0.317. The molecule has 0 unspecified atom stereocenters. The fourth-order valence-electron chi connectivity index (χ4n) is 3.46. The van der Waals surface area contributed by atoms with Crippen molar-refractivity contribution < 1.29 is 14.1 Å². The number of furan rings is 1. The molecule has 0 saturated heterocycles. The Morgan fingerprint density at radius 2 is 2.10 bits per heavy atom. The molecule has 0 radical (unpaired) electrons. The first-order valence-corrected chi connectivity index (χ1v) is 9.73. The van der Waals surface area contributed by atoms with E-state index in [-0.39, 0.29) is 22.3 Å². The van der Waals surface area contributed by atoms with Gasteiger partial charge in [0.1, 0.15) is 28.2 Å². The zero-order valence-corrected chi connectivity index (χ0v) is 16.6. The van der Waals surface area contributed by atoms with Crippen LogP contribution in [0.25, 0.3) is 17.4 Å². The summed E-state index contributed by atoms with van der Waals surface area (Å²) in [6, 6.07) is 9.54. The lowest BCUT2D eigenvalue weighted by Crippen LogP contribution is -2.41. The minimum absolute atomic E-state index is 0.0332. The van der Waals surface area contributed by atoms with Crippen LogP contribution >= 0.6 is 11.6 Å². The number of amides is 1. The normalized spacial score (nSPS) is 19.4. The SMILES string of the molecule is C[C@H]1CCCC[C@@H]1NC(=O)/C(C#N)=C/c1ccc(-c2ccc(Cl)c([N+](=O)[O-])c2)o1. The van der Waals surface area contributed by atoms with Crippen LogP contribution in [0.15, 0.2) is 40.3 Å². The van der Waals surface area contributed by atoms with E-state index in [4.69, 9.17) is 16.0 Å². The summed E-state index contributed by atoms with van der Waals surface area (Å²) >= 11 is 5.83. The number of carbonyl (C=O) groups is 1. The van der Waals surface area contributed by atoms with Crippen molar-refractivity contribution in [3.05, 3.63) is 56.8 Å². The van der Waals surface area contributed by atoms with Crippen LogP contribution in [0.5, 0.6) is 0 Å². The van der Waals surface area contributed by atoms with Gasteiger partial charge in [0.2, 0.25) is 0 Å². The Balaban J connectivity index is 1.79. The minimum atomic E-state index is -0.569. The molecule has 2 aromatic rings. The zero-order chi connectivity index (χ0) is 21.0. The molecule has 1 N–H and O–H groups in total. The van der Waals surface area contributed by atoms with Gasteiger partial charge in [0, 0.05) is 23.7 Å². The van der Waals surface area contributed by atoms with Gasteiger partial charge < -0.3 is 9.73 Å². The lowest BCUT2D eigenvalue weighted by molar-refractivity contribution is -0.384. The van der Waals surface area contributed by atoms with E-state index in [1.165, 1.54) is 18.2 Å². The van der Waals surface area contributed by atoms with E-state index >= 15 is 0 Å². The van der Waals surface area contributed by atoms with E-state index in [2.05, 4.69) is 12.2 Å². The molecule has 0 bridgehead atoms. The van der Waals surface area contributed by atoms with Crippen LogP contribution < -0.4 is 5.32 Å². The van der Waals surface area contributed by atoms with E-state index in [0.29, 0.717) is 23.0 Å². The van der Waals surface area contributed by atoms with Gasteiger partial charge in [0.05, 0.1) is 4.92 Å². The van der Waals surface area contributed by atoms with E-state index < -0.39 is 10.8 Å². The highest BCUT2D eigenvalue weighted by molar-refractivity contribution is 6.32. The molecule has 3 rings (SSSR count). The van der Waals surface area contributed by atoms with Crippen molar-refractivity contribution in [3.63, 3.8) is 0 Å². The summed E-state index contributed by atoms with van der Waals surface area (Å²) < 4.78 is 5.66. The van der Waals surface area contributed by atoms with Gasteiger partial charge in [-0.25, -0.2) is 0 Å². The maximum Gasteiger partial charge on any atom is 0.288 e. The summed E-state index contributed by atoms with van der Waals surface area (Å²) in [5.41, 5.74) is 0.196. The van der Waals surface area contributed by atoms with Gasteiger partial charge in [0.15, 0.2) is 0 Å². The van der Waals surface area contributed by atoms with Gasteiger partial charge in [0.25, 0.3) is 11.6 Å². The van der Waals surface area contributed by atoms with Crippen molar-refractivity contribution in [1.82, 2.24) is 5.32 Å². The van der Waals surface area contributed by atoms with Gasteiger partial charge in [-0.15, -0.1) is 0 Å². The molecule has 1 heterocycles. The van der Waals surface area contributed by atoms with Crippen LogP contribution in [0.2, 0.25) is 5.02 Å². The second kappa shape index (κ2) is 8.93. The highest BCUT2D eigenvalue weighted by Gasteiger charge is 2.24. The second-order valence-corrected chi connectivity index (χ2v) is 7.54. The van der Waals surface area contributed by atoms with Crippen LogP contribution in [0.3, 0.4) is 0 Å². The summed E-state index contributed by atoms with van der Waals surface area (Å²) in [6.07, 6.45) is 5.57. The monoisotopic (exact) mass is 413 g/mol. The van der Waals surface area contributed by atoms with Crippen molar-refractivity contribution in [2.45, 2.75) is 38.6 Å². The molecule has 1 aliphatic rings. The first-order valence-electron chi connectivity index (χ1n) is 9.36. The van der Waals surface area contributed by atoms with E-state index in [0.717, 1.165) is 25.7 Å². The Kier molecular flexibility index (Phi) is 6.35. The molecule has 1 aromatic carbocycles. The fourth-order valence-corrected chi connectivity index (χ4v) is 3.65. The molecule has 150 valence electrons. The zero-order valence-electron chi connectivity index (χ0n) is 15.9. The number of carbonyl (C=O) groups excluding carboxylic acids is 1. The highest BCUT2D eigenvalue weighted by atomic mass is 35.5. The third-order valence-electron chi connectivity index (χ3n) is 5.13. The van der Waals surface area contributed by atoms with Crippen molar-refractivity contribution in [2.75, 3.05) is 0 Å². The Hall–Kier alpha value is -3.11. The number of nitro groups is 1. The first kappa shape index (κ1) is 20.6. The molecule has 7 nitrogen and oxygen atoms in total. The van der Waals surface area contributed by atoms with Crippen LogP contribution in [-0.2, 0) is 4.79 Å². The molecule has 8 heteroatoms. The van der Waals surface area contributed by atoms with Gasteiger partial charge in [-0.1, -0.05) is 31.4 Å². The summed E-state index contributed by atoms with van der Waals surface area (Å²) in [7, 11) is 0. The number of hydrogen-bond donors (Lipinski definition) is 1. The number of nitro benzene ring substituents is 1. The van der Waals surface area contributed by atoms with Gasteiger partial charge in [-0.05, 0) is 43.0 Å². The second-order valence-electron chi connectivity index (χ2n) is 7.14. The Bertz CT molecular complexity index is 1010. The third-order valence-corrected chi connectivity index (χ3v) is 5.45. The van der Waals surface area contributed by atoms with E-state index in [9.17, 15) is 20.2 Å². The number of nitrogens with zero attached hydrogens (tertiary/aromatic N) is 2. The molecule has 29 heavy (non-hydrogen) atoms. The molecule has 1 fully saturated rings. The fraction of sp³-hybridized carbons (Fsp3) is 0.333. The first-order chi connectivity index (χ1) is 13.9. The summed E-state index contributed by atoms with van der Waals surface area (Å²) in [5, 5.41) is 23.4. The molecule has 1 aromatic heterocycles. The number of nitrogens with one attached hydrogen (secondary N) is 1. The van der Waals surface area contributed by atoms with Crippen LogP contribution in [0.1, 0.15) is 38.4 Å². The van der Waals surface area contributed by atoms with Crippen molar-refractivity contribution in [2.24, 2.45) is 5.92 Å². The Morgan fingerprint density at radius 1 is 1.34 bits per heavy atom. The van der Waals surface area contributed by atoms with Gasteiger partial charge in [-0.3, -0.25) is 14.9 Å².